The first-order valence-electron chi connectivity index (χ1n) is 5.22. The highest BCUT2D eigenvalue weighted by atomic mass is 16.1. The molecule has 3 heteroatoms. The van der Waals surface area contributed by atoms with Crippen LogP contribution in [0.3, 0.4) is 0 Å². The molecule has 0 saturated heterocycles. The average Bonchev–Trinajstić information content (AvgIpc) is 2.27. The van der Waals surface area contributed by atoms with Crippen molar-refractivity contribution in [3.8, 4) is 0 Å². The van der Waals surface area contributed by atoms with Crippen LogP contribution in [0, 0.1) is 0 Å². The normalized spacial score (nSPS) is 12.6. The smallest absolute Gasteiger partial charge is 0.139 e. The van der Waals surface area contributed by atoms with Crippen LogP contribution in [0.5, 0.6) is 0 Å². The summed E-state index contributed by atoms with van der Waals surface area (Å²) in [7, 11) is 1.72. The first-order chi connectivity index (χ1) is 7.43. The molecule has 0 fully saturated rings. The van der Waals surface area contributed by atoms with E-state index in [4.69, 9.17) is 0 Å². The number of ketones is 1. The van der Waals surface area contributed by atoms with Gasteiger partial charge in [0.1, 0.15) is 11.3 Å². The Morgan fingerprint density at radius 2 is 2.19 bits per heavy atom. The number of nitrogens with zero attached hydrogens (tertiary/aromatic N) is 2. The minimum absolute atomic E-state index is 0.144. The lowest BCUT2D eigenvalue weighted by Crippen LogP contribution is -2.29. The van der Waals surface area contributed by atoms with E-state index in [1.165, 1.54) is 0 Å². The molecule has 3 nitrogen and oxygen atoms in total. The fraction of sp³-hybridized carbons (Fsp3) is 0.385. The van der Waals surface area contributed by atoms with Gasteiger partial charge in [0, 0.05) is 24.9 Å². The first kappa shape index (κ1) is 12.4. The van der Waals surface area contributed by atoms with E-state index in [1.807, 2.05) is 36.7 Å². The van der Waals surface area contributed by atoms with Crippen molar-refractivity contribution >= 4 is 12.0 Å². The second-order valence-electron chi connectivity index (χ2n) is 4.27. The maximum absolute atomic E-state index is 11.6. The molecule has 0 N–H and O–H groups in total. The maximum atomic E-state index is 11.6. The zero-order chi connectivity index (χ0) is 12.3. The summed E-state index contributed by atoms with van der Waals surface area (Å²) >= 11 is 0. The van der Waals surface area contributed by atoms with Gasteiger partial charge in [0.05, 0.1) is 0 Å². The number of carbonyl (C=O) groups excluding carboxylic acids is 1. The van der Waals surface area contributed by atoms with Gasteiger partial charge in [0.15, 0.2) is 0 Å². The van der Waals surface area contributed by atoms with E-state index in [0.717, 1.165) is 11.1 Å². The Bertz CT molecular complexity index is 481. The number of rotatable bonds is 3. The van der Waals surface area contributed by atoms with Gasteiger partial charge in [0.2, 0.25) is 0 Å². The highest BCUT2D eigenvalue weighted by molar-refractivity contribution is 5.86. The van der Waals surface area contributed by atoms with E-state index < -0.39 is 5.41 Å². The summed E-state index contributed by atoms with van der Waals surface area (Å²) in [4.78, 5) is 15.7. The van der Waals surface area contributed by atoms with Crippen molar-refractivity contribution in [3.63, 3.8) is 0 Å². The number of aromatic nitrogens is 1. The standard InChI is InChI=1S/C13H18N2O/c1-6-15-8-7-11(9-12(15)14-5)13(3,4)10(2)16/h6-9H,1H2,2-5H3. The van der Waals surface area contributed by atoms with Crippen molar-refractivity contribution in [1.29, 1.82) is 0 Å². The van der Waals surface area contributed by atoms with E-state index in [2.05, 4.69) is 11.6 Å². The SMILES string of the molecule is C=Cn1ccc(C(C)(C)C(C)=O)cc1=NC. The van der Waals surface area contributed by atoms with E-state index in [1.54, 1.807) is 20.2 Å². The summed E-state index contributed by atoms with van der Waals surface area (Å²) < 4.78 is 1.82. The van der Waals surface area contributed by atoms with Crippen LogP contribution in [0.4, 0.5) is 0 Å². The van der Waals surface area contributed by atoms with Crippen LogP contribution in [0.2, 0.25) is 0 Å². The predicted octanol–water partition coefficient (Wildman–Crippen LogP) is 1.99. The van der Waals surface area contributed by atoms with Gasteiger partial charge in [-0.25, -0.2) is 0 Å². The van der Waals surface area contributed by atoms with Gasteiger partial charge >= 0.3 is 0 Å². The molecular weight excluding hydrogens is 200 g/mol. The summed E-state index contributed by atoms with van der Waals surface area (Å²) in [5, 5.41) is 0. The Labute approximate surface area is 96.1 Å². The molecule has 0 amide bonds. The van der Waals surface area contributed by atoms with Crippen LogP contribution in [0.1, 0.15) is 26.3 Å². The number of Topliss-reactive ketones (excluding diaryl/α,β-unsaturated/α-hetero) is 1. The molecule has 0 atom stereocenters. The molecule has 1 aromatic heterocycles. The Morgan fingerprint density at radius 1 is 1.56 bits per heavy atom. The van der Waals surface area contributed by atoms with Gasteiger partial charge in [-0.2, -0.15) is 0 Å². The van der Waals surface area contributed by atoms with Crippen molar-refractivity contribution in [1.82, 2.24) is 4.57 Å². The van der Waals surface area contributed by atoms with E-state index in [-0.39, 0.29) is 5.78 Å². The molecule has 0 aromatic carbocycles. The summed E-state index contributed by atoms with van der Waals surface area (Å²) in [6.07, 6.45) is 3.56. The Hall–Kier alpha value is -1.64. The number of carbonyl (C=O) groups is 1. The first-order valence-corrected chi connectivity index (χ1v) is 5.22. The average molecular weight is 218 g/mol. The van der Waals surface area contributed by atoms with E-state index >= 15 is 0 Å². The molecule has 0 aliphatic rings. The maximum Gasteiger partial charge on any atom is 0.139 e. The Kier molecular flexibility index (Phi) is 3.48. The molecule has 1 rings (SSSR count). The Morgan fingerprint density at radius 3 is 2.62 bits per heavy atom. The molecule has 0 radical (unpaired) electrons. The molecule has 0 aliphatic heterocycles. The van der Waals surface area contributed by atoms with Gasteiger partial charge in [-0.15, -0.1) is 0 Å². The minimum atomic E-state index is -0.473. The number of hydrogen-bond acceptors (Lipinski definition) is 2. The summed E-state index contributed by atoms with van der Waals surface area (Å²) in [6.45, 7) is 9.15. The van der Waals surface area contributed by atoms with Crippen LogP contribution in [0.25, 0.3) is 6.20 Å². The monoisotopic (exact) mass is 218 g/mol. The third-order valence-electron chi connectivity index (χ3n) is 2.99. The van der Waals surface area contributed by atoms with Crippen molar-refractivity contribution in [2.75, 3.05) is 7.05 Å². The summed E-state index contributed by atoms with van der Waals surface area (Å²) in [5.41, 5.74) is 1.29. The van der Waals surface area contributed by atoms with E-state index in [0.29, 0.717) is 0 Å². The summed E-state index contributed by atoms with van der Waals surface area (Å²) in [5.74, 6) is 0.144. The van der Waals surface area contributed by atoms with Gasteiger partial charge < -0.3 is 4.57 Å². The lowest BCUT2D eigenvalue weighted by atomic mass is 9.82. The molecule has 0 bridgehead atoms. The van der Waals surface area contributed by atoms with Gasteiger partial charge in [-0.1, -0.05) is 6.58 Å². The van der Waals surface area contributed by atoms with Gasteiger partial charge in [-0.05, 0) is 38.5 Å². The van der Waals surface area contributed by atoms with Crippen LogP contribution in [-0.2, 0) is 10.2 Å². The Balaban J connectivity index is 3.40. The quantitative estimate of drug-likeness (QED) is 0.764. The molecule has 1 aromatic rings. The lowest BCUT2D eigenvalue weighted by Gasteiger charge is -2.22. The van der Waals surface area contributed by atoms with Crippen molar-refractivity contribution in [2.24, 2.45) is 4.99 Å². The highest BCUT2D eigenvalue weighted by Crippen LogP contribution is 2.22. The largest absolute Gasteiger partial charge is 0.310 e. The van der Waals surface area contributed by atoms with Crippen molar-refractivity contribution in [2.45, 2.75) is 26.2 Å². The lowest BCUT2D eigenvalue weighted by molar-refractivity contribution is -0.121. The summed E-state index contributed by atoms with van der Waals surface area (Å²) in [6, 6.07) is 3.85. The molecule has 16 heavy (non-hydrogen) atoms. The van der Waals surface area contributed by atoms with Crippen LogP contribution >= 0.6 is 0 Å². The molecular formula is C13H18N2O. The number of hydrogen-bond donors (Lipinski definition) is 0. The third-order valence-corrected chi connectivity index (χ3v) is 2.99. The topological polar surface area (TPSA) is 34.4 Å². The van der Waals surface area contributed by atoms with Crippen LogP contribution in [-0.4, -0.2) is 17.4 Å². The van der Waals surface area contributed by atoms with Gasteiger partial charge in [0.25, 0.3) is 0 Å². The predicted molar refractivity (Wildman–Crippen MR) is 66.0 cm³/mol. The fourth-order valence-electron chi connectivity index (χ4n) is 1.43. The van der Waals surface area contributed by atoms with Gasteiger partial charge in [-0.3, -0.25) is 9.79 Å². The molecule has 0 saturated carbocycles. The van der Waals surface area contributed by atoms with Crippen LogP contribution < -0.4 is 5.49 Å². The minimum Gasteiger partial charge on any atom is -0.310 e. The molecule has 86 valence electrons. The fourth-order valence-corrected chi connectivity index (χ4v) is 1.43. The molecule has 0 unspecified atom stereocenters. The van der Waals surface area contributed by atoms with E-state index in [9.17, 15) is 4.79 Å². The molecule has 1 heterocycles. The highest BCUT2D eigenvalue weighted by Gasteiger charge is 2.26. The zero-order valence-corrected chi connectivity index (χ0v) is 10.3. The molecule has 0 aliphatic carbocycles. The van der Waals surface area contributed by atoms with Crippen molar-refractivity contribution in [3.05, 3.63) is 36.0 Å². The second-order valence-corrected chi connectivity index (χ2v) is 4.27. The van der Waals surface area contributed by atoms with Crippen LogP contribution in [0.15, 0.2) is 29.9 Å². The zero-order valence-electron chi connectivity index (χ0n) is 10.3. The number of pyridine rings is 1. The van der Waals surface area contributed by atoms with Crippen molar-refractivity contribution < 1.29 is 4.79 Å². The third kappa shape index (κ3) is 2.13. The second kappa shape index (κ2) is 4.47. The molecule has 0 spiro atoms.